The number of sulfonamides is 1. The number of carbonyl (C=O) groups is 2. The number of benzene rings is 4. The van der Waals surface area contributed by atoms with Crippen LogP contribution in [-0.4, -0.2) is 43.3 Å². The van der Waals surface area contributed by atoms with Crippen LogP contribution in [-0.2, 0) is 32.6 Å². The Balaban J connectivity index is 1.86. The van der Waals surface area contributed by atoms with Gasteiger partial charge in [-0.05, 0) is 94.1 Å². The molecular weight excluding hydrogens is 653 g/mol. The van der Waals surface area contributed by atoms with Crippen LogP contribution < -0.4 is 9.62 Å². The van der Waals surface area contributed by atoms with Crippen LogP contribution in [0.4, 0.5) is 5.69 Å². The van der Waals surface area contributed by atoms with Gasteiger partial charge < -0.3 is 10.2 Å². The molecule has 4 aromatic carbocycles. The quantitative estimate of drug-likeness (QED) is 0.175. The molecule has 0 saturated carbocycles. The molecule has 0 heterocycles. The number of hydrogen-bond donors (Lipinski definition) is 1. The molecule has 0 fully saturated rings. The number of carbonyl (C=O) groups excluding carboxylic acids is 2. The number of amides is 2. The van der Waals surface area contributed by atoms with Crippen LogP contribution in [0, 0.1) is 20.8 Å². The summed E-state index contributed by atoms with van der Waals surface area (Å²) in [7, 11) is -4.21. The Hall–Kier alpha value is -3.85. The number of halogens is 2. The zero-order valence-corrected chi connectivity index (χ0v) is 29.9. The molecule has 0 aliphatic heterocycles. The van der Waals surface area contributed by atoms with E-state index in [1.165, 1.54) is 17.0 Å². The summed E-state index contributed by atoms with van der Waals surface area (Å²) < 4.78 is 29.8. The molecule has 248 valence electrons. The number of anilines is 1. The smallest absolute Gasteiger partial charge is 0.264 e. The Labute approximate surface area is 288 Å². The minimum absolute atomic E-state index is 0.0179. The molecule has 7 nitrogen and oxygen atoms in total. The minimum atomic E-state index is -4.21. The maximum Gasteiger partial charge on any atom is 0.264 e. The van der Waals surface area contributed by atoms with Gasteiger partial charge in [-0.3, -0.25) is 13.9 Å². The third-order valence-corrected chi connectivity index (χ3v) is 10.4. The van der Waals surface area contributed by atoms with E-state index in [0.717, 1.165) is 26.6 Å². The van der Waals surface area contributed by atoms with Crippen LogP contribution in [0.3, 0.4) is 0 Å². The van der Waals surface area contributed by atoms with E-state index in [1.807, 2.05) is 77.9 Å². The first-order chi connectivity index (χ1) is 22.1. The van der Waals surface area contributed by atoms with E-state index in [1.54, 1.807) is 42.5 Å². The summed E-state index contributed by atoms with van der Waals surface area (Å²) in [6, 6.07) is 25.3. The molecule has 4 rings (SSSR count). The Bertz CT molecular complexity index is 1840. The number of nitrogens with one attached hydrogen (secondary N) is 1. The van der Waals surface area contributed by atoms with Gasteiger partial charge in [-0.15, -0.1) is 0 Å². The highest BCUT2D eigenvalue weighted by Gasteiger charge is 2.36. The lowest BCUT2D eigenvalue weighted by Crippen LogP contribution is -2.56. The summed E-state index contributed by atoms with van der Waals surface area (Å²) in [5.74, 6) is -0.924. The number of aryl methyl sites for hydroxylation is 2. The molecule has 1 N–H and O–H groups in total. The van der Waals surface area contributed by atoms with Crippen molar-refractivity contribution in [2.45, 2.75) is 71.0 Å². The first-order valence-corrected chi connectivity index (χ1v) is 17.5. The van der Waals surface area contributed by atoms with Crippen molar-refractivity contribution in [3.8, 4) is 0 Å². The maximum absolute atomic E-state index is 14.7. The monoisotopic (exact) mass is 693 g/mol. The van der Waals surface area contributed by atoms with Gasteiger partial charge in [0.1, 0.15) is 12.6 Å². The van der Waals surface area contributed by atoms with E-state index in [9.17, 15) is 18.0 Å². The van der Waals surface area contributed by atoms with Crippen LogP contribution in [0.25, 0.3) is 0 Å². The third kappa shape index (κ3) is 9.15. The van der Waals surface area contributed by atoms with Crippen LogP contribution in [0.1, 0.15) is 48.6 Å². The first-order valence-electron chi connectivity index (χ1n) is 15.3. The Morgan fingerprint density at radius 2 is 1.47 bits per heavy atom. The fraction of sp³-hybridized carbons (Fsp3) is 0.297. The third-order valence-electron chi connectivity index (χ3n) is 7.84. The van der Waals surface area contributed by atoms with Gasteiger partial charge in [-0.2, -0.15) is 0 Å². The predicted octanol–water partition coefficient (Wildman–Crippen LogP) is 7.67. The van der Waals surface area contributed by atoms with E-state index in [-0.39, 0.29) is 23.8 Å². The molecule has 0 bridgehead atoms. The zero-order valence-electron chi connectivity index (χ0n) is 27.6. The molecule has 0 aliphatic carbocycles. The molecular formula is C37H41Cl2N3O4S. The van der Waals surface area contributed by atoms with Crippen LogP contribution >= 0.6 is 23.2 Å². The molecule has 47 heavy (non-hydrogen) atoms. The van der Waals surface area contributed by atoms with Crippen molar-refractivity contribution >= 4 is 50.7 Å². The van der Waals surface area contributed by atoms with Gasteiger partial charge in [0, 0.05) is 18.5 Å². The fourth-order valence-corrected chi connectivity index (χ4v) is 6.99. The van der Waals surface area contributed by atoms with Crippen LogP contribution in [0.15, 0.2) is 95.9 Å². The van der Waals surface area contributed by atoms with E-state index in [2.05, 4.69) is 5.32 Å². The van der Waals surface area contributed by atoms with E-state index >= 15 is 0 Å². The zero-order chi connectivity index (χ0) is 34.5. The molecule has 10 heteroatoms. The number of nitrogens with zero attached hydrogens (tertiary/aromatic N) is 2. The van der Waals surface area contributed by atoms with Crippen molar-refractivity contribution in [1.29, 1.82) is 0 Å². The summed E-state index contributed by atoms with van der Waals surface area (Å²) in [4.78, 5) is 30.2. The SMILES string of the molecule is Cc1ccc(S(=O)(=O)N(CC(=O)N(Cc2ccc(Cl)c(Cl)c2)[C@@H](Cc2ccccc2)C(=O)NC(C)(C)C)c2cccc(C)c2C)cc1. The summed E-state index contributed by atoms with van der Waals surface area (Å²) in [5.41, 5.74) is 3.76. The Morgan fingerprint density at radius 3 is 2.09 bits per heavy atom. The molecule has 0 spiro atoms. The summed E-state index contributed by atoms with van der Waals surface area (Å²) in [5, 5.41) is 3.68. The normalized spacial score (nSPS) is 12.3. The number of hydrogen-bond acceptors (Lipinski definition) is 4. The van der Waals surface area contributed by atoms with E-state index in [0.29, 0.717) is 21.3 Å². The lowest BCUT2D eigenvalue weighted by Gasteiger charge is -2.35. The van der Waals surface area contributed by atoms with Crippen molar-refractivity contribution < 1.29 is 18.0 Å². The molecule has 2 amide bonds. The van der Waals surface area contributed by atoms with Gasteiger partial charge in [0.15, 0.2) is 0 Å². The van der Waals surface area contributed by atoms with Crippen LogP contribution in [0.2, 0.25) is 10.0 Å². The van der Waals surface area contributed by atoms with Gasteiger partial charge in [0.25, 0.3) is 10.0 Å². The lowest BCUT2D eigenvalue weighted by atomic mass is 10.0. The molecule has 0 saturated heterocycles. The van der Waals surface area contributed by atoms with Gasteiger partial charge in [0.05, 0.1) is 20.6 Å². The van der Waals surface area contributed by atoms with Gasteiger partial charge in [-0.1, -0.05) is 89.4 Å². The van der Waals surface area contributed by atoms with Gasteiger partial charge in [-0.25, -0.2) is 8.42 Å². The predicted molar refractivity (Wildman–Crippen MR) is 190 cm³/mol. The Morgan fingerprint density at radius 1 is 0.809 bits per heavy atom. The summed E-state index contributed by atoms with van der Waals surface area (Å²) >= 11 is 12.6. The molecule has 0 radical (unpaired) electrons. The van der Waals surface area contributed by atoms with E-state index < -0.39 is 34.1 Å². The fourth-order valence-electron chi connectivity index (χ4n) is 5.20. The highest BCUT2D eigenvalue weighted by molar-refractivity contribution is 7.92. The van der Waals surface area contributed by atoms with Crippen molar-refractivity contribution in [1.82, 2.24) is 10.2 Å². The summed E-state index contributed by atoms with van der Waals surface area (Å²) in [6.07, 6.45) is 0.198. The lowest BCUT2D eigenvalue weighted by molar-refractivity contribution is -0.140. The van der Waals surface area contributed by atoms with E-state index in [4.69, 9.17) is 23.2 Å². The highest BCUT2D eigenvalue weighted by Crippen LogP contribution is 2.30. The molecule has 0 unspecified atom stereocenters. The Kier molecular flexibility index (Phi) is 11.4. The topological polar surface area (TPSA) is 86.8 Å². The second-order valence-electron chi connectivity index (χ2n) is 12.8. The average molecular weight is 695 g/mol. The first kappa shape index (κ1) is 36.0. The second kappa shape index (κ2) is 14.9. The highest BCUT2D eigenvalue weighted by atomic mass is 35.5. The molecule has 4 aromatic rings. The van der Waals surface area contributed by atoms with Gasteiger partial charge >= 0.3 is 0 Å². The van der Waals surface area contributed by atoms with Crippen molar-refractivity contribution in [2.24, 2.45) is 0 Å². The standard InChI is InChI=1S/C37H41Cl2N3O4S/c1-25-15-18-30(19-16-25)47(45,46)42(33-14-10-11-26(2)27(33)3)24-35(43)41(23-29-17-20-31(38)32(39)21-29)34(36(44)40-37(4,5)6)22-28-12-8-7-9-13-28/h7-21,34H,22-24H2,1-6H3,(H,40,44)/t34-/m0/s1. The number of rotatable bonds is 11. The molecule has 0 aliphatic rings. The second-order valence-corrected chi connectivity index (χ2v) is 15.4. The van der Waals surface area contributed by atoms with Crippen molar-refractivity contribution in [3.63, 3.8) is 0 Å². The van der Waals surface area contributed by atoms with Crippen molar-refractivity contribution in [3.05, 3.63) is 129 Å². The van der Waals surface area contributed by atoms with Crippen LogP contribution in [0.5, 0.6) is 0 Å². The average Bonchev–Trinajstić information content (AvgIpc) is 3.00. The molecule has 0 aromatic heterocycles. The molecule has 1 atom stereocenters. The van der Waals surface area contributed by atoms with Gasteiger partial charge in [0.2, 0.25) is 11.8 Å². The minimum Gasteiger partial charge on any atom is -0.350 e. The van der Waals surface area contributed by atoms with Crippen molar-refractivity contribution in [2.75, 3.05) is 10.8 Å². The maximum atomic E-state index is 14.7. The summed E-state index contributed by atoms with van der Waals surface area (Å²) in [6.45, 7) is 10.6. The largest absolute Gasteiger partial charge is 0.350 e.